The largest absolute Gasteiger partial charge is 0.444 e. The van der Waals surface area contributed by atoms with Crippen LogP contribution in [0.1, 0.15) is 33.6 Å². The summed E-state index contributed by atoms with van der Waals surface area (Å²) in [6, 6.07) is 0. The van der Waals surface area contributed by atoms with Crippen molar-refractivity contribution in [1.82, 2.24) is 4.90 Å². The monoisotopic (exact) mass is 259 g/mol. The smallest absolute Gasteiger partial charge is 0.410 e. The summed E-state index contributed by atoms with van der Waals surface area (Å²) in [6.07, 6.45) is 1.51. The molecule has 1 saturated carbocycles. The van der Waals surface area contributed by atoms with Crippen LogP contribution in [0.25, 0.3) is 0 Å². The molecule has 1 saturated heterocycles. The number of halogens is 1. The zero-order valence-electron chi connectivity index (χ0n) is 11.3. The zero-order valence-corrected chi connectivity index (χ0v) is 11.3. The lowest BCUT2D eigenvalue weighted by molar-refractivity contribution is 0.0183. The van der Waals surface area contributed by atoms with Gasteiger partial charge in [0.15, 0.2) is 5.67 Å². The molecule has 2 unspecified atom stereocenters. The Bertz CT molecular complexity index is 338. The molecular weight excluding hydrogens is 237 g/mol. The van der Waals surface area contributed by atoms with E-state index in [-0.39, 0.29) is 12.5 Å². The molecule has 18 heavy (non-hydrogen) atoms. The molecule has 2 aliphatic rings. The number of hydrogen-bond acceptors (Lipinski definition) is 3. The Kier molecular flexibility index (Phi) is 3.30. The maximum absolute atomic E-state index is 14.5. The number of hydrogen-bond donors (Lipinski definition) is 1. The van der Waals surface area contributed by atoms with E-state index in [9.17, 15) is 14.3 Å². The van der Waals surface area contributed by atoms with Gasteiger partial charge < -0.3 is 14.7 Å². The summed E-state index contributed by atoms with van der Waals surface area (Å²) < 4.78 is 19.8. The van der Waals surface area contributed by atoms with E-state index in [4.69, 9.17) is 4.74 Å². The highest BCUT2D eigenvalue weighted by Gasteiger charge is 2.54. The highest BCUT2D eigenvalue weighted by Crippen LogP contribution is 2.47. The predicted molar refractivity (Wildman–Crippen MR) is 64.9 cm³/mol. The van der Waals surface area contributed by atoms with Gasteiger partial charge in [0.25, 0.3) is 0 Å². The van der Waals surface area contributed by atoms with Gasteiger partial charge in [-0.2, -0.15) is 0 Å². The third-order valence-corrected chi connectivity index (χ3v) is 3.64. The average Bonchev–Trinajstić information content (AvgIpc) is 3.00. The summed E-state index contributed by atoms with van der Waals surface area (Å²) in [5, 5.41) is 9.25. The van der Waals surface area contributed by atoms with Gasteiger partial charge in [-0.05, 0) is 39.5 Å². The lowest BCUT2D eigenvalue weighted by Crippen LogP contribution is -2.40. The molecule has 5 heteroatoms. The Morgan fingerprint density at radius 1 is 1.50 bits per heavy atom. The van der Waals surface area contributed by atoms with Gasteiger partial charge in [0.1, 0.15) is 5.60 Å². The molecule has 0 aromatic rings. The number of amides is 1. The van der Waals surface area contributed by atoms with E-state index < -0.39 is 24.0 Å². The van der Waals surface area contributed by atoms with Crippen LogP contribution >= 0.6 is 0 Å². The van der Waals surface area contributed by atoms with E-state index in [1.165, 1.54) is 4.90 Å². The first-order chi connectivity index (χ1) is 8.25. The number of aliphatic hydroxyl groups excluding tert-OH is 1. The number of ether oxygens (including phenoxy) is 1. The molecule has 0 bridgehead atoms. The molecule has 1 N–H and O–H groups in total. The summed E-state index contributed by atoms with van der Waals surface area (Å²) in [7, 11) is 0. The van der Waals surface area contributed by atoms with Crippen molar-refractivity contribution in [3.05, 3.63) is 0 Å². The van der Waals surface area contributed by atoms with Crippen molar-refractivity contribution in [1.29, 1.82) is 0 Å². The molecule has 1 aliphatic carbocycles. The Labute approximate surface area is 107 Å². The van der Waals surface area contributed by atoms with Gasteiger partial charge in [0.2, 0.25) is 0 Å². The van der Waals surface area contributed by atoms with E-state index >= 15 is 0 Å². The molecule has 4 nitrogen and oxygen atoms in total. The molecule has 2 rings (SSSR count). The standard InChI is InChI=1S/C13H22FNO3/c1-12(2,3)18-11(17)15-6-10(9-4-5-9)13(14,7-15)8-16/h9-10,16H,4-8H2,1-3H3. The van der Waals surface area contributed by atoms with Gasteiger partial charge in [-0.1, -0.05) is 0 Å². The van der Waals surface area contributed by atoms with Crippen LogP contribution in [-0.2, 0) is 4.74 Å². The van der Waals surface area contributed by atoms with Crippen LogP contribution in [-0.4, -0.2) is 47.1 Å². The summed E-state index contributed by atoms with van der Waals surface area (Å²) in [6.45, 7) is 5.14. The van der Waals surface area contributed by atoms with Crippen molar-refractivity contribution in [3.8, 4) is 0 Å². The first-order valence-corrected chi connectivity index (χ1v) is 6.53. The topological polar surface area (TPSA) is 49.8 Å². The molecule has 1 aliphatic heterocycles. The second kappa shape index (κ2) is 4.37. The number of carbonyl (C=O) groups is 1. The second-order valence-electron chi connectivity index (χ2n) is 6.50. The minimum atomic E-state index is -1.65. The fourth-order valence-corrected chi connectivity index (χ4v) is 2.60. The Hall–Kier alpha value is -0.840. The summed E-state index contributed by atoms with van der Waals surface area (Å²) >= 11 is 0. The van der Waals surface area contributed by atoms with Crippen LogP contribution in [0.15, 0.2) is 0 Å². The van der Waals surface area contributed by atoms with Crippen LogP contribution in [0.2, 0.25) is 0 Å². The zero-order chi connectivity index (χ0) is 13.6. The van der Waals surface area contributed by atoms with Gasteiger partial charge in [-0.25, -0.2) is 9.18 Å². The molecule has 2 fully saturated rings. The van der Waals surface area contributed by atoms with Crippen molar-refractivity contribution < 1.29 is 19.0 Å². The first-order valence-electron chi connectivity index (χ1n) is 6.53. The number of likely N-dealkylation sites (tertiary alicyclic amines) is 1. The molecule has 0 spiro atoms. The Morgan fingerprint density at radius 2 is 2.11 bits per heavy atom. The first kappa shape index (κ1) is 13.6. The maximum Gasteiger partial charge on any atom is 0.410 e. The molecule has 0 radical (unpaired) electrons. The van der Waals surface area contributed by atoms with Crippen LogP contribution < -0.4 is 0 Å². The second-order valence-corrected chi connectivity index (χ2v) is 6.50. The van der Waals surface area contributed by atoms with Gasteiger partial charge >= 0.3 is 6.09 Å². The van der Waals surface area contributed by atoms with Crippen LogP contribution in [0.4, 0.5) is 9.18 Å². The minimum Gasteiger partial charge on any atom is -0.444 e. The quantitative estimate of drug-likeness (QED) is 0.824. The molecule has 2 atom stereocenters. The number of aliphatic hydroxyl groups is 1. The van der Waals surface area contributed by atoms with E-state index in [1.807, 2.05) is 0 Å². The third-order valence-electron chi connectivity index (χ3n) is 3.64. The molecule has 1 heterocycles. The Morgan fingerprint density at radius 3 is 2.56 bits per heavy atom. The predicted octanol–water partition coefficient (Wildman–Crippen LogP) is 1.96. The molecule has 104 valence electrons. The molecule has 1 amide bonds. The third kappa shape index (κ3) is 2.76. The van der Waals surface area contributed by atoms with Crippen molar-refractivity contribution in [3.63, 3.8) is 0 Å². The lowest BCUT2D eigenvalue weighted by Gasteiger charge is -2.25. The van der Waals surface area contributed by atoms with Crippen molar-refractivity contribution in [2.45, 2.75) is 44.9 Å². The van der Waals surface area contributed by atoms with E-state index in [2.05, 4.69) is 0 Å². The number of carbonyl (C=O) groups excluding carboxylic acids is 1. The van der Waals surface area contributed by atoms with Gasteiger partial charge in [-0.15, -0.1) is 0 Å². The van der Waals surface area contributed by atoms with Crippen LogP contribution in [0.3, 0.4) is 0 Å². The molecule has 0 aromatic heterocycles. The summed E-state index contributed by atoms with van der Waals surface area (Å²) in [5.41, 5.74) is -2.23. The minimum absolute atomic E-state index is 0.0560. The number of nitrogens with zero attached hydrogens (tertiary/aromatic N) is 1. The summed E-state index contributed by atoms with van der Waals surface area (Å²) in [4.78, 5) is 13.3. The fourth-order valence-electron chi connectivity index (χ4n) is 2.60. The summed E-state index contributed by atoms with van der Waals surface area (Å²) in [5.74, 6) is 0.0737. The molecule has 0 aromatic carbocycles. The molecular formula is C13H22FNO3. The lowest BCUT2D eigenvalue weighted by atomic mass is 9.89. The van der Waals surface area contributed by atoms with Crippen molar-refractivity contribution >= 4 is 6.09 Å². The van der Waals surface area contributed by atoms with Crippen LogP contribution in [0, 0.1) is 11.8 Å². The maximum atomic E-state index is 14.5. The highest BCUT2D eigenvalue weighted by molar-refractivity contribution is 5.68. The normalized spacial score (nSPS) is 32.7. The number of alkyl halides is 1. The van der Waals surface area contributed by atoms with Crippen molar-refractivity contribution in [2.24, 2.45) is 11.8 Å². The van der Waals surface area contributed by atoms with Gasteiger partial charge in [-0.3, -0.25) is 0 Å². The van der Waals surface area contributed by atoms with Crippen molar-refractivity contribution in [2.75, 3.05) is 19.7 Å². The SMILES string of the molecule is CC(C)(C)OC(=O)N1CC(C2CC2)C(F)(CO)C1. The van der Waals surface area contributed by atoms with Gasteiger partial charge in [0.05, 0.1) is 13.2 Å². The Balaban J connectivity index is 2.02. The average molecular weight is 259 g/mol. The van der Waals surface area contributed by atoms with E-state index in [0.29, 0.717) is 12.5 Å². The van der Waals surface area contributed by atoms with Gasteiger partial charge in [0, 0.05) is 12.5 Å². The van der Waals surface area contributed by atoms with Crippen LogP contribution in [0.5, 0.6) is 0 Å². The number of rotatable bonds is 2. The highest BCUT2D eigenvalue weighted by atomic mass is 19.1. The fraction of sp³-hybridized carbons (Fsp3) is 0.923. The van der Waals surface area contributed by atoms with E-state index in [0.717, 1.165) is 12.8 Å². The van der Waals surface area contributed by atoms with E-state index in [1.54, 1.807) is 20.8 Å².